The first-order valence-electron chi connectivity index (χ1n) is 4.85. The number of ether oxygens (including phenoxy) is 2. The molecule has 3 aliphatic rings. The average molecular weight is 170 g/mol. The highest BCUT2D eigenvalue weighted by atomic mass is 16.5. The Morgan fingerprint density at radius 3 is 1.08 bits per heavy atom. The molecule has 0 aromatic rings. The maximum atomic E-state index is 5.60. The van der Waals surface area contributed by atoms with Gasteiger partial charge >= 0.3 is 0 Å². The highest BCUT2D eigenvalue weighted by molar-refractivity contribution is 5.02. The molecule has 70 valence electrons. The van der Waals surface area contributed by atoms with Crippen LogP contribution in [0.5, 0.6) is 0 Å². The van der Waals surface area contributed by atoms with Crippen molar-refractivity contribution in [3.8, 4) is 0 Å². The minimum absolute atomic E-state index is 0.222. The highest BCUT2D eigenvalue weighted by Crippen LogP contribution is 2.49. The average Bonchev–Trinajstić information content (AvgIpc) is 2.21. The predicted octanol–water partition coefficient (Wildman–Crippen LogP) is 2.12. The molecule has 0 saturated heterocycles. The van der Waals surface area contributed by atoms with Gasteiger partial charge in [-0.05, 0) is 38.5 Å². The molecule has 0 radical (unpaired) electrons. The van der Waals surface area contributed by atoms with E-state index in [1.54, 1.807) is 0 Å². The summed E-state index contributed by atoms with van der Waals surface area (Å²) >= 11 is 0. The van der Waals surface area contributed by atoms with Crippen molar-refractivity contribution >= 4 is 0 Å². The summed E-state index contributed by atoms with van der Waals surface area (Å²) < 4.78 is 11.2. The summed E-state index contributed by atoms with van der Waals surface area (Å²) in [6, 6.07) is 0. The van der Waals surface area contributed by atoms with E-state index in [1.165, 1.54) is 38.5 Å². The first kappa shape index (κ1) is 8.52. The second-order valence-electron chi connectivity index (χ2n) is 4.27. The third-order valence-corrected chi connectivity index (χ3v) is 3.97. The van der Waals surface area contributed by atoms with Gasteiger partial charge in [-0.15, -0.1) is 0 Å². The second kappa shape index (κ2) is 2.71. The van der Waals surface area contributed by atoms with Crippen LogP contribution in [0.4, 0.5) is 0 Å². The molecule has 0 amide bonds. The zero-order valence-corrected chi connectivity index (χ0v) is 8.06. The summed E-state index contributed by atoms with van der Waals surface area (Å²) in [5.74, 6) is 0. The second-order valence-corrected chi connectivity index (χ2v) is 4.27. The Kier molecular flexibility index (Phi) is 1.92. The number of fused-ring (bicyclic) bond motifs is 3. The molecule has 3 fully saturated rings. The molecule has 0 aromatic heterocycles. The van der Waals surface area contributed by atoms with Gasteiger partial charge in [-0.2, -0.15) is 0 Å². The van der Waals surface area contributed by atoms with E-state index < -0.39 is 0 Å². The normalized spacial score (nSPS) is 46.5. The van der Waals surface area contributed by atoms with Crippen LogP contribution < -0.4 is 0 Å². The van der Waals surface area contributed by atoms with E-state index in [0.717, 1.165) is 0 Å². The molecular formula is C10H18O2. The largest absolute Gasteiger partial charge is 0.378 e. The third kappa shape index (κ3) is 1.09. The quantitative estimate of drug-likeness (QED) is 0.632. The maximum Gasteiger partial charge on any atom is 0.0682 e. The maximum absolute atomic E-state index is 5.60. The van der Waals surface area contributed by atoms with Crippen LogP contribution in [-0.2, 0) is 9.47 Å². The Morgan fingerprint density at radius 1 is 0.667 bits per heavy atom. The fourth-order valence-corrected chi connectivity index (χ4v) is 2.73. The van der Waals surface area contributed by atoms with Crippen molar-refractivity contribution in [3.63, 3.8) is 0 Å². The first-order valence-corrected chi connectivity index (χ1v) is 4.85. The number of hydrogen-bond acceptors (Lipinski definition) is 2. The zero-order chi connectivity index (χ0) is 8.66. The fraction of sp³-hybridized carbons (Fsp3) is 1.00. The highest BCUT2D eigenvalue weighted by Gasteiger charge is 2.48. The van der Waals surface area contributed by atoms with Gasteiger partial charge in [0.25, 0.3) is 0 Å². The molecule has 3 aliphatic carbocycles. The van der Waals surface area contributed by atoms with Gasteiger partial charge in [-0.1, -0.05) is 0 Å². The number of methoxy groups -OCH3 is 2. The van der Waals surface area contributed by atoms with E-state index in [4.69, 9.17) is 9.47 Å². The molecule has 3 saturated carbocycles. The van der Waals surface area contributed by atoms with Crippen molar-refractivity contribution in [2.45, 2.75) is 49.7 Å². The molecule has 0 unspecified atom stereocenters. The fourth-order valence-electron chi connectivity index (χ4n) is 2.73. The Labute approximate surface area is 74.2 Å². The van der Waals surface area contributed by atoms with Gasteiger partial charge in [0, 0.05) is 14.2 Å². The molecule has 0 atom stereocenters. The van der Waals surface area contributed by atoms with E-state index in [0.29, 0.717) is 0 Å². The van der Waals surface area contributed by atoms with Gasteiger partial charge in [0.2, 0.25) is 0 Å². The molecule has 12 heavy (non-hydrogen) atoms. The van der Waals surface area contributed by atoms with Crippen molar-refractivity contribution < 1.29 is 9.47 Å². The van der Waals surface area contributed by atoms with E-state index in [2.05, 4.69) is 0 Å². The van der Waals surface area contributed by atoms with Crippen molar-refractivity contribution in [2.75, 3.05) is 14.2 Å². The Hall–Kier alpha value is -0.0800. The lowest BCUT2D eigenvalue weighted by molar-refractivity contribution is -0.165. The van der Waals surface area contributed by atoms with Crippen LogP contribution >= 0.6 is 0 Å². The minimum Gasteiger partial charge on any atom is -0.378 e. The van der Waals surface area contributed by atoms with Gasteiger partial charge in [0.1, 0.15) is 0 Å². The predicted molar refractivity (Wildman–Crippen MR) is 47.2 cm³/mol. The Balaban J connectivity index is 2.09. The summed E-state index contributed by atoms with van der Waals surface area (Å²) in [6.07, 6.45) is 7.15. The lowest BCUT2D eigenvalue weighted by Gasteiger charge is -2.51. The molecule has 3 rings (SSSR count). The van der Waals surface area contributed by atoms with E-state index in [1.807, 2.05) is 14.2 Å². The van der Waals surface area contributed by atoms with Gasteiger partial charge < -0.3 is 9.47 Å². The van der Waals surface area contributed by atoms with Gasteiger partial charge in [-0.3, -0.25) is 0 Å². The Bertz CT molecular complexity index is 132. The van der Waals surface area contributed by atoms with E-state index >= 15 is 0 Å². The molecule has 0 heterocycles. The van der Waals surface area contributed by atoms with Crippen LogP contribution in [0, 0.1) is 0 Å². The topological polar surface area (TPSA) is 18.5 Å². The minimum atomic E-state index is 0.222. The number of rotatable bonds is 2. The van der Waals surface area contributed by atoms with Crippen LogP contribution in [0.2, 0.25) is 0 Å². The number of hydrogen-bond donors (Lipinski definition) is 0. The molecule has 0 aromatic carbocycles. The molecule has 0 N–H and O–H groups in total. The third-order valence-electron chi connectivity index (χ3n) is 3.97. The summed E-state index contributed by atoms with van der Waals surface area (Å²) in [6.45, 7) is 0. The van der Waals surface area contributed by atoms with E-state index in [-0.39, 0.29) is 11.2 Å². The zero-order valence-electron chi connectivity index (χ0n) is 8.06. The van der Waals surface area contributed by atoms with Crippen LogP contribution in [0.15, 0.2) is 0 Å². The summed E-state index contributed by atoms with van der Waals surface area (Å²) in [4.78, 5) is 0. The van der Waals surface area contributed by atoms with Crippen molar-refractivity contribution in [1.82, 2.24) is 0 Å². The van der Waals surface area contributed by atoms with Gasteiger partial charge in [0.15, 0.2) is 0 Å². The van der Waals surface area contributed by atoms with Crippen LogP contribution in [0.3, 0.4) is 0 Å². The molecule has 2 bridgehead atoms. The van der Waals surface area contributed by atoms with Crippen molar-refractivity contribution in [2.24, 2.45) is 0 Å². The summed E-state index contributed by atoms with van der Waals surface area (Å²) in [5.41, 5.74) is 0.445. The van der Waals surface area contributed by atoms with Crippen LogP contribution in [-0.4, -0.2) is 25.4 Å². The summed E-state index contributed by atoms with van der Waals surface area (Å²) in [5, 5.41) is 0. The van der Waals surface area contributed by atoms with E-state index in [9.17, 15) is 0 Å². The summed E-state index contributed by atoms with van der Waals surface area (Å²) in [7, 11) is 3.70. The molecule has 0 spiro atoms. The SMILES string of the molecule is COC12CCC(OC)(CC1)CC2. The lowest BCUT2D eigenvalue weighted by Crippen LogP contribution is -2.51. The monoisotopic (exact) mass is 170 g/mol. The van der Waals surface area contributed by atoms with Crippen LogP contribution in [0.1, 0.15) is 38.5 Å². The van der Waals surface area contributed by atoms with Gasteiger partial charge in [0.05, 0.1) is 11.2 Å². The van der Waals surface area contributed by atoms with Crippen molar-refractivity contribution in [1.29, 1.82) is 0 Å². The lowest BCUT2D eigenvalue weighted by atomic mass is 9.65. The molecule has 0 aliphatic heterocycles. The first-order chi connectivity index (χ1) is 5.74. The van der Waals surface area contributed by atoms with Crippen molar-refractivity contribution in [3.05, 3.63) is 0 Å². The smallest absolute Gasteiger partial charge is 0.0682 e. The molecular weight excluding hydrogens is 152 g/mol. The van der Waals surface area contributed by atoms with Gasteiger partial charge in [-0.25, -0.2) is 0 Å². The Morgan fingerprint density at radius 2 is 0.917 bits per heavy atom. The van der Waals surface area contributed by atoms with Crippen LogP contribution in [0.25, 0.3) is 0 Å². The molecule has 2 heteroatoms. The standard InChI is InChI=1S/C10H18O2/c1-11-9-3-6-10(12-2,7-4-9)8-5-9/h3-8H2,1-2H3. The molecule has 2 nitrogen and oxygen atoms in total.